The highest BCUT2D eigenvalue weighted by Crippen LogP contribution is 2.45. The minimum atomic E-state index is 0.0434. The molecule has 0 bridgehead atoms. The van der Waals surface area contributed by atoms with Crippen LogP contribution in [-0.4, -0.2) is 24.1 Å². The summed E-state index contributed by atoms with van der Waals surface area (Å²) in [5.41, 5.74) is 0. The predicted octanol–water partition coefficient (Wildman–Crippen LogP) is 1.94. The van der Waals surface area contributed by atoms with Crippen molar-refractivity contribution in [3.63, 3.8) is 0 Å². The Balaban J connectivity index is 1.87. The standard InChI is InChI=1S/C10H16O2S/c1-2-12-10(11)7-3-8-5-13-6-9(8)4-7/h7-9H,2-6H2,1H3/t7?,8-,9+. The van der Waals surface area contributed by atoms with Gasteiger partial charge in [-0.3, -0.25) is 4.79 Å². The van der Waals surface area contributed by atoms with Crippen molar-refractivity contribution in [2.45, 2.75) is 19.8 Å². The minimum absolute atomic E-state index is 0.0434. The van der Waals surface area contributed by atoms with Gasteiger partial charge in [-0.05, 0) is 43.1 Å². The van der Waals surface area contributed by atoms with E-state index in [0.717, 1.165) is 24.7 Å². The largest absolute Gasteiger partial charge is 0.466 e. The molecule has 2 nitrogen and oxygen atoms in total. The Bertz CT molecular complexity index is 193. The van der Waals surface area contributed by atoms with Gasteiger partial charge >= 0.3 is 5.97 Å². The molecule has 1 saturated heterocycles. The van der Waals surface area contributed by atoms with E-state index in [1.54, 1.807) is 0 Å². The van der Waals surface area contributed by atoms with Gasteiger partial charge in [-0.25, -0.2) is 0 Å². The van der Waals surface area contributed by atoms with Crippen molar-refractivity contribution in [3.8, 4) is 0 Å². The smallest absolute Gasteiger partial charge is 0.308 e. The second-order valence-corrected chi connectivity index (χ2v) is 5.05. The Hall–Kier alpha value is -0.180. The molecular formula is C10H16O2S. The van der Waals surface area contributed by atoms with Crippen LogP contribution in [0.4, 0.5) is 0 Å². The molecule has 1 aliphatic heterocycles. The van der Waals surface area contributed by atoms with Gasteiger partial charge in [0.05, 0.1) is 12.5 Å². The highest BCUT2D eigenvalue weighted by molar-refractivity contribution is 7.99. The van der Waals surface area contributed by atoms with E-state index in [-0.39, 0.29) is 11.9 Å². The van der Waals surface area contributed by atoms with Gasteiger partial charge in [0.25, 0.3) is 0 Å². The van der Waals surface area contributed by atoms with Gasteiger partial charge in [0.2, 0.25) is 0 Å². The summed E-state index contributed by atoms with van der Waals surface area (Å²) in [6.07, 6.45) is 2.16. The summed E-state index contributed by atoms with van der Waals surface area (Å²) in [6, 6.07) is 0. The Morgan fingerprint density at radius 3 is 2.54 bits per heavy atom. The maximum atomic E-state index is 11.4. The SMILES string of the molecule is CCOC(=O)C1C[C@H]2CSC[C@H]2C1. The molecule has 13 heavy (non-hydrogen) atoms. The average Bonchev–Trinajstić information content (AvgIpc) is 2.61. The van der Waals surface area contributed by atoms with Gasteiger partial charge in [0, 0.05) is 0 Å². The Kier molecular flexibility index (Phi) is 2.82. The Morgan fingerprint density at radius 1 is 1.38 bits per heavy atom. The molecule has 74 valence electrons. The number of ether oxygens (including phenoxy) is 1. The first kappa shape index (κ1) is 9.38. The number of thioether (sulfide) groups is 1. The first-order valence-electron chi connectivity index (χ1n) is 5.05. The van der Waals surface area contributed by atoms with Crippen LogP contribution in [0.3, 0.4) is 0 Å². The summed E-state index contributed by atoms with van der Waals surface area (Å²) in [4.78, 5) is 11.4. The topological polar surface area (TPSA) is 26.3 Å². The van der Waals surface area contributed by atoms with E-state index in [1.807, 2.05) is 18.7 Å². The summed E-state index contributed by atoms with van der Waals surface area (Å²) in [6.45, 7) is 2.41. The fourth-order valence-electron chi connectivity index (χ4n) is 2.44. The number of carbonyl (C=O) groups is 1. The number of hydrogen-bond donors (Lipinski definition) is 0. The average molecular weight is 200 g/mol. The lowest BCUT2D eigenvalue weighted by molar-refractivity contribution is -0.147. The third-order valence-corrected chi connectivity index (χ3v) is 4.45. The minimum Gasteiger partial charge on any atom is -0.466 e. The van der Waals surface area contributed by atoms with E-state index >= 15 is 0 Å². The van der Waals surface area contributed by atoms with Crippen LogP contribution in [0.1, 0.15) is 19.8 Å². The second-order valence-electron chi connectivity index (χ2n) is 3.98. The third kappa shape index (κ3) is 1.85. The molecule has 0 N–H and O–H groups in total. The maximum Gasteiger partial charge on any atom is 0.308 e. The van der Waals surface area contributed by atoms with E-state index in [0.29, 0.717) is 6.61 Å². The quantitative estimate of drug-likeness (QED) is 0.637. The van der Waals surface area contributed by atoms with Gasteiger partial charge in [-0.15, -0.1) is 0 Å². The van der Waals surface area contributed by atoms with Crippen LogP contribution in [0.25, 0.3) is 0 Å². The van der Waals surface area contributed by atoms with Crippen LogP contribution in [0.5, 0.6) is 0 Å². The maximum absolute atomic E-state index is 11.4. The molecule has 1 aliphatic carbocycles. The molecule has 0 aromatic carbocycles. The number of fused-ring (bicyclic) bond motifs is 1. The lowest BCUT2D eigenvalue weighted by Crippen LogP contribution is -2.15. The van der Waals surface area contributed by atoms with Crippen molar-refractivity contribution >= 4 is 17.7 Å². The molecule has 2 aliphatic rings. The zero-order chi connectivity index (χ0) is 9.26. The number of esters is 1. The van der Waals surface area contributed by atoms with Gasteiger partial charge < -0.3 is 4.74 Å². The zero-order valence-corrected chi connectivity index (χ0v) is 8.81. The summed E-state index contributed by atoms with van der Waals surface area (Å²) in [5.74, 6) is 4.40. The van der Waals surface area contributed by atoms with Gasteiger partial charge in [0.15, 0.2) is 0 Å². The fourth-order valence-corrected chi connectivity index (χ4v) is 4.00. The van der Waals surface area contributed by atoms with E-state index in [2.05, 4.69) is 0 Å². The second kappa shape index (κ2) is 3.91. The highest BCUT2D eigenvalue weighted by Gasteiger charge is 2.41. The van der Waals surface area contributed by atoms with Gasteiger partial charge in [-0.1, -0.05) is 0 Å². The molecule has 1 saturated carbocycles. The lowest BCUT2D eigenvalue weighted by Gasteiger charge is -2.08. The third-order valence-electron chi connectivity index (χ3n) is 3.12. The van der Waals surface area contributed by atoms with Crippen molar-refractivity contribution in [1.29, 1.82) is 0 Å². The number of carbonyl (C=O) groups excluding carboxylic acids is 1. The van der Waals surface area contributed by atoms with Crippen molar-refractivity contribution in [2.24, 2.45) is 17.8 Å². The Labute approximate surface area is 83.4 Å². The molecule has 1 heterocycles. The van der Waals surface area contributed by atoms with Gasteiger partial charge in [0.1, 0.15) is 0 Å². The van der Waals surface area contributed by atoms with Crippen LogP contribution in [0.2, 0.25) is 0 Å². The molecule has 0 amide bonds. The zero-order valence-electron chi connectivity index (χ0n) is 7.99. The molecule has 0 radical (unpaired) electrons. The predicted molar refractivity (Wildman–Crippen MR) is 53.7 cm³/mol. The van der Waals surface area contributed by atoms with Crippen molar-refractivity contribution in [3.05, 3.63) is 0 Å². The fraction of sp³-hybridized carbons (Fsp3) is 0.900. The van der Waals surface area contributed by atoms with Crippen molar-refractivity contribution in [2.75, 3.05) is 18.1 Å². The molecule has 3 heteroatoms. The monoisotopic (exact) mass is 200 g/mol. The van der Waals surface area contributed by atoms with E-state index in [4.69, 9.17) is 4.74 Å². The van der Waals surface area contributed by atoms with E-state index in [9.17, 15) is 4.79 Å². The summed E-state index contributed by atoms with van der Waals surface area (Å²) in [5, 5.41) is 0. The molecule has 2 rings (SSSR count). The lowest BCUT2D eigenvalue weighted by atomic mass is 10.0. The van der Waals surface area contributed by atoms with Gasteiger partial charge in [-0.2, -0.15) is 11.8 Å². The first-order valence-corrected chi connectivity index (χ1v) is 6.21. The molecule has 3 atom stereocenters. The molecule has 0 aromatic rings. The van der Waals surface area contributed by atoms with E-state index in [1.165, 1.54) is 11.5 Å². The molecule has 0 spiro atoms. The van der Waals surface area contributed by atoms with E-state index < -0.39 is 0 Å². The van der Waals surface area contributed by atoms with Crippen LogP contribution in [0.15, 0.2) is 0 Å². The molecular weight excluding hydrogens is 184 g/mol. The normalized spacial score (nSPS) is 37.5. The van der Waals surface area contributed by atoms with Crippen molar-refractivity contribution in [1.82, 2.24) is 0 Å². The summed E-state index contributed by atoms with van der Waals surface area (Å²) in [7, 11) is 0. The summed E-state index contributed by atoms with van der Waals surface area (Å²) < 4.78 is 5.05. The molecule has 0 aromatic heterocycles. The highest BCUT2D eigenvalue weighted by atomic mass is 32.2. The van der Waals surface area contributed by atoms with Crippen LogP contribution < -0.4 is 0 Å². The number of rotatable bonds is 2. The van der Waals surface area contributed by atoms with Crippen LogP contribution in [0, 0.1) is 17.8 Å². The molecule has 2 fully saturated rings. The number of hydrogen-bond acceptors (Lipinski definition) is 3. The Morgan fingerprint density at radius 2 is 2.00 bits per heavy atom. The summed E-state index contributed by atoms with van der Waals surface area (Å²) >= 11 is 2.04. The van der Waals surface area contributed by atoms with Crippen LogP contribution >= 0.6 is 11.8 Å². The first-order chi connectivity index (χ1) is 6.31. The van der Waals surface area contributed by atoms with Crippen molar-refractivity contribution < 1.29 is 9.53 Å². The van der Waals surface area contributed by atoms with Crippen LogP contribution in [-0.2, 0) is 9.53 Å². The molecule has 1 unspecified atom stereocenters.